The van der Waals surface area contributed by atoms with Gasteiger partial charge in [-0.25, -0.2) is 0 Å². The van der Waals surface area contributed by atoms with Crippen LogP contribution in [0.4, 0.5) is 13.2 Å². The van der Waals surface area contributed by atoms with Crippen molar-refractivity contribution >= 4 is 0 Å². The molecule has 0 bridgehead atoms. The van der Waals surface area contributed by atoms with E-state index in [2.05, 4.69) is 30.8 Å². The largest absolute Gasteiger partial charge is 0.411 e. The summed E-state index contributed by atoms with van der Waals surface area (Å²) >= 11 is 0. The molecule has 0 aromatic carbocycles. The van der Waals surface area contributed by atoms with E-state index in [1.165, 1.54) is 0 Å². The minimum absolute atomic E-state index is 0.0833. The van der Waals surface area contributed by atoms with Crippen LogP contribution in [0.3, 0.4) is 0 Å². The Morgan fingerprint density at radius 1 is 1.20 bits per heavy atom. The van der Waals surface area contributed by atoms with E-state index in [1.807, 2.05) is 6.92 Å². The van der Waals surface area contributed by atoms with Gasteiger partial charge < -0.3 is 10.1 Å². The molecule has 0 rings (SSSR count). The van der Waals surface area contributed by atoms with Gasteiger partial charge in [0, 0.05) is 12.6 Å². The fourth-order valence-corrected chi connectivity index (χ4v) is 0.842. The quantitative estimate of drug-likeness (QED) is 0.729. The molecule has 0 saturated heterocycles. The summed E-state index contributed by atoms with van der Waals surface area (Å²) in [5.41, 5.74) is 0.101. The Kier molecular flexibility index (Phi) is 5.59. The minimum atomic E-state index is -4.23. The first-order valence-corrected chi connectivity index (χ1v) is 5.01. The molecular formula is C10H20F3NO. The normalized spacial score (nSPS) is 15.4. The predicted molar refractivity (Wildman–Crippen MR) is 53.8 cm³/mol. The van der Waals surface area contributed by atoms with Gasteiger partial charge in [-0.3, -0.25) is 0 Å². The van der Waals surface area contributed by atoms with Crippen LogP contribution in [-0.4, -0.2) is 32.0 Å². The average molecular weight is 227 g/mol. The van der Waals surface area contributed by atoms with Crippen LogP contribution in [0.25, 0.3) is 0 Å². The Labute approximate surface area is 89.2 Å². The van der Waals surface area contributed by atoms with Crippen molar-refractivity contribution in [1.29, 1.82) is 0 Å². The van der Waals surface area contributed by atoms with Crippen LogP contribution in [0.2, 0.25) is 0 Å². The molecule has 0 radical (unpaired) electrons. The molecule has 1 unspecified atom stereocenters. The fourth-order valence-electron chi connectivity index (χ4n) is 0.842. The van der Waals surface area contributed by atoms with Crippen molar-refractivity contribution in [2.45, 2.75) is 39.9 Å². The highest BCUT2D eigenvalue weighted by molar-refractivity contribution is 4.75. The monoisotopic (exact) mass is 227 g/mol. The Hall–Kier alpha value is -0.290. The SMILES string of the molecule is CC(NCCOCC(F)(F)F)C(C)(C)C. The van der Waals surface area contributed by atoms with Crippen LogP contribution in [0, 0.1) is 5.41 Å². The summed E-state index contributed by atoms with van der Waals surface area (Å²) in [7, 11) is 0. The van der Waals surface area contributed by atoms with Crippen molar-refractivity contribution < 1.29 is 17.9 Å². The fraction of sp³-hybridized carbons (Fsp3) is 1.00. The molecule has 92 valence electrons. The summed E-state index contributed by atoms with van der Waals surface area (Å²) in [5.74, 6) is 0. The van der Waals surface area contributed by atoms with Crippen molar-refractivity contribution in [3.8, 4) is 0 Å². The zero-order valence-electron chi connectivity index (χ0n) is 9.74. The Morgan fingerprint density at radius 2 is 1.73 bits per heavy atom. The molecule has 0 aromatic rings. The van der Waals surface area contributed by atoms with Gasteiger partial charge in [-0.2, -0.15) is 13.2 Å². The van der Waals surface area contributed by atoms with E-state index in [0.717, 1.165) is 0 Å². The van der Waals surface area contributed by atoms with Gasteiger partial charge >= 0.3 is 6.18 Å². The molecule has 0 fully saturated rings. The van der Waals surface area contributed by atoms with E-state index in [1.54, 1.807) is 0 Å². The highest BCUT2D eigenvalue weighted by Gasteiger charge is 2.27. The molecule has 15 heavy (non-hydrogen) atoms. The molecule has 0 aliphatic heterocycles. The molecule has 0 spiro atoms. The third kappa shape index (κ3) is 8.69. The summed E-state index contributed by atoms with van der Waals surface area (Å²) in [4.78, 5) is 0. The van der Waals surface area contributed by atoms with Gasteiger partial charge in [0.25, 0.3) is 0 Å². The molecule has 1 atom stereocenters. The van der Waals surface area contributed by atoms with Crippen molar-refractivity contribution in [2.75, 3.05) is 19.8 Å². The van der Waals surface area contributed by atoms with Crippen molar-refractivity contribution in [3.63, 3.8) is 0 Å². The van der Waals surface area contributed by atoms with E-state index >= 15 is 0 Å². The van der Waals surface area contributed by atoms with E-state index in [4.69, 9.17) is 0 Å². The van der Waals surface area contributed by atoms with E-state index in [-0.39, 0.29) is 18.1 Å². The number of alkyl halides is 3. The zero-order chi connectivity index (χ0) is 12.1. The molecule has 1 N–H and O–H groups in total. The van der Waals surface area contributed by atoms with Crippen LogP contribution in [0.5, 0.6) is 0 Å². The van der Waals surface area contributed by atoms with Crippen molar-refractivity contribution in [2.24, 2.45) is 5.41 Å². The van der Waals surface area contributed by atoms with Gasteiger partial charge in [0.1, 0.15) is 6.61 Å². The maximum Gasteiger partial charge on any atom is 0.411 e. The number of hydrogen-bond acceptors (Lipinski definition) is 2. The van der Waals surface area contributed by atoms with Gasteiger partial charge in [0.15, 0.2) is 0 Å². The van der Waals surface area contributed by atoms with Crippen molar-refractivity contribution in [3.05, 3.63) is 0 Å². The lowest BCUT2D eigenvalue weighted by Gasteiger charge is -2.28. The van der Waals surface area contributed by atoms with Gasteiger partial charge in [-0.1, -0.05) is 20.8 Å². The maximum absolute atomic E-state index is 11.7. The number of nitrogens with one attached hydrogen (secondary N) is 1. The number of halogens is 3. The third-order valence-electron chi connectivity index (χ3n) is 2.26. The van der Waals surface area contributed by atoms with Crippen LogP contribution in [0.15, 0.2) is 0 Å². The first-order valence-electron chi connectivity index (χ1n) is 5.01. The summed E-state index contributed by atoms with van der Waals surface area (Å²) in [5, 5.41) is 3.12. The van der Waals surface area contributed by atoms with E-state index in [0.29, 0.717) is 6.54 Å². The zero-order valence-corrected chi connectivity index (χ0v) is 9.74. The third-order valence-corrected chi connectivity index (χ3v) is 2.26. The molecule has 2 nitrogen and oxygen atoms in total. The standard InChI is InChI=1S/C10H20F3NO/c1-8(9(2,3)4)14-5-6-15-7-10(11,12)13/h8,14H,5-7H2,1-4H3. The molecular weight excluding hydrogens is 207 g/mol. The second-order valence-corrected chi connectivity index (χ2v) is 4.71. The lowest BCUT2D eigenvalue weighted by atomic mass is 9.88. The highest BCUT2D eigenvalue weighted by Crippen LogP contribution is 2.18. The van der Waals surface area contributed by atoms with Crippen molar-refractivity contribution in [1.82, 2.24) is 5.32 Å². The molecule has 0 aliphatic carbocycles. The lowest BCUT2D eigenvalue weighted by molar-refractivity contribution is -0.173. The van der Waals surface area contributed by atoms with Gasteiger partial charge in [-0.15, -0.1) is 0 Å². The van der Waals surface area contributed by atoms with Crippen LogP contribution in [0.1, 0.15) is 27.7 Å². The summed E-state index contributed by atoms with van der Waals surface area (Å²) in [6, 6.07) is 0.243. The van der Waals surface area contributed by atoms with E-state index in [9.17, 15) is 13.2 Å². The topological polar surface area (TPSA) is 21.3 Å². The molecule has 0 aromatic heterocycles. The first kappa shape index (κ1) is 14.7. The predicted octanol–water partition coefficient (Wildman–Crippen LogP) is 2.59. The van der Waals surface area contributed by atoms with E-state index < -0.39 is 12.8 Å². The second-order valence-electron chi connectivity index (χ2n) is 4.71. The number of hydrogen-bond donors (Lipinski definition) is 1. The molecule has 5 heteroatoms. The molecule has 0 heterocycles. The summed E-state index contributed by atoms with van der Waals surface area (Å²) in [6.45, 7) is 7.57. The number of rotatable bonds is 5. The smallest absolute Gasteiger partial charge is 0.371 e. The second kappa shape index (κ2) is 5.70. The molecule has 0 aliphatic rings. The van der Waals surface area contributed by atoms with Crippen LogP contribution in [-0.2, 0) is 4.74 Å². The van der Waals surface area contributed by atoms with Gasteiger partial charge in [0.05, 0.1) is 6.61 Å². The van der Waals surface area contributed by atoms with Crippen LogP contribution < -0.4 is 5.32 Å². The first-order chi connectivity index (χ1) is 6.63. The maximum atomic E-state index is 11.7. The average Bonchev–Trinajstić information content (AvgIpc) is 1.99. The molecule has 0 saturated carbocycles. The Bertz CT molecular complexity index is 174. The highest BCUT2D eigenvalue weighted by atomic mass is 19.4. The summed E-state index contributed by atoms with van der Waals surface area (Å²) < 4.78 is 39.5. The number of ether oxygens (including phenoxy) is 1. The Morgan fingerprint density at radius 3 is 2.13 bits per heavy atom. The van der Waals surface area contributed by atoms with Gasteiger partial charge in [-0.05, 0) is 12.3 Å². The molecule has 0 amide bonds. The lowest BCUT2D eigenvalue weighted by Crippen LogP contribution is -2.39. The summed E-state index contributed by atoms with van der Waals surface area (Å²) in [6.07, 6.45) is -4.23. The Balaban J connectivity index is 3.48. The minimum Gasteiger partial charge on any atom is -0.371 e. The van der Waals surface area contributed by atoms with Crippen LogP contribution >= 0.6 is 0 Å². The van der Waals surface area contributed by atoms with Gasteiger partial charge in [0.2, 0.25) is 0 Å².